The summed E-state index contributed by atoms with van der Waals surface area (Å²) in [7, 11) is 2.34. The van der Waals surface area contributed by atoms with Gasteiger partial charge < -0.3 is 9.47 Å². The number of hydrogen-bond acceptors (Lipinski definition) is 4. The third kappa shape index (κ3) is 2.40. The van der Waals surface area contributed by atoms with Gasteiger partial charge in [0, 0.05) is 13.1 Å². The van der Waals surface area contributed by atoms with Crippen LogP contribution in [0.5, 0.6) is 11.5 Å². The van der Waals surface area contributed by atoms with Crippen molar-refractivity contribution in [2.45, 2.75) is 4.90 Å². The maximum atomic E-state index is 11.5. The molecule has 0 fully saturated rings. The third-order valence-corrected chi connectivity index (χ3v) is 3.13. The van der Waals surface area contributed by atoms with Crippen LogP contribution in [0.15, 0.2) is 23.1 Å². The van der Waals surface area contributed by atoms with Crippen LogP contribution in [-0.2, 0) is 10.0 Å². The highest BCUT2D eigenvalue weighted by atomic mass is 32.2. The summed E-state index contributed by atoms with van der Waals surface area (Å²) in [5.74, 6) is 0.677. The lowest BCUT2D eigenvalue weighted by Gasteiger charge is -2.09. The highest BCUT2D eigenvalue weighted by molar-refractivity contribution is 7.89. The molecule has 0 aliphatic carbocycles. The molecule has 1 aromatic carbocycles. The van der Waals surface area contributed by atoms with E-state index in [4.69, 9.17) is 9.47 Å². The summed E-state index contributed by atoms with van der Waals surface area (Å²) < 4.78 is 34.9. The van der Waals surface area contributed by atoms with Crippen LogP contribution in [0.1, 0.15) is 0 Å². The zero-order valence-corrected chi connectivity index (χ0v) is 9.30. The molecule has 0 amide bonds. The van der Waals surface area contributed by atoms with Gasteiger partial charge in [0.1, 0.15) is 16.4 Å². The first-order valence-corrected chi connectivity index (χ1v) is 5.54. The fraction of sp³-hybridized carbons (Fsp3) is 0.222. The van der Waals surface area contributed by atoms with Crippen molar-refractivity contribution in [1.29, 1.82) is 0 Å². The van der Waals surface area contributed by atoms with Gasteiger partial charge >= 0.3 is 0 Å². The summed E-state index contributed by atoms with van der Waals surface area (Å²) in [5, 5.41) is 0. The molecule has 0 aromatic heterocycles. The van der Waals surface area contributed by atoms with Gasteiger partial charge in [0.05, 0.1) is 14.2 Å². The molecule has 1 radical (unpaired) electrons. The molecule has 0 heterocycles. The quantitative estimate of drug-likeness (QED) is 0.830. The average molecular weight is 230 g/mol. The lowest BCUT2D eigenvalue weighted by Crippen LogP contribution is -2.17. The van der Waals surface area contributed by atoms with Gasteiger partial charge in [0.25, 0.3) is 0 Å². The Bertz CT molecular complexity index is 441. The number of hydrogen-bond donors (Lipinski definition) is 1. The van der Waals surface area contributed by atoms with Crippen LogP contribution >= 0.6 is 0 Å². The molecule has 0 unspecified atom stereocenters. The van der Waals surface area contributed by atoms with Crippen molar-refractivity contribution in [3.63, 3.8) is 0 Å². The van der Waals surface area contributed by atoms with E-state index in [9.17, 15) is 8.42 Å². The Morgan fingerprint density at radius 1 is 1.27 bits per heavy atom. The van der Waals surface area contributed by atoms with Crippen LogP contribution in [0.2, 0.25) is 0 Å². The van der Waals surface area contributed by atoms with Gasteiger partial charge in [0.15, 0.2) is 0 Å². The van der Waals surface area contributed by atoms with Gasteiger partial charge in [-0.3, -0.25) is 0 Å². The fourth-order valence-corrected chi connectivity index (χ4v) is 1.91. The second-order valence-corrected chi connectivity index (χ2v) is 4.40. The minimum Gasteiger partial charge on any atom is -0.497 e. The standard InChI is InChI=1S/C9H12NO4S/c1-10-15(11,12)9-6-7(13-2)4-5-8(9)14-3/h4-6,10H,1H2,2-3H3. The Kier molecular flexibility index (Phi) is 3.54. The molecule has 1 N–H and O–H groups in total. The molecule has 6 heteroatoms. The molecular formula is C9H12NO4S. The first kappa shape index (κ1) is 11.8. The van der Waals surface area contributed by atoms with Crippen molar-refractivity contribution in [3.05, 3.63) is 25.2 Å². The van der Waals surface area contributed by atoms with E-state index < -0.39 is 10.0 Å². The van der Waals surface area contributed by atoms with Gasteiger partial charge in [-0.05, 0) is 12.1 Å². The molecule has 1 rings (SSSR count). The summed E-state index contributed by atoms with van der Waals surface area (Å²) >= 11 is 0. The van der Waals surface area contributed by atoms with E-state index in [-0.39, 0.29) is 10.6 Å². The monoisotopic (exact) mass is 230 g/mol. The Labute approximate surface area is 89.1 Å². The van der Waals surface area contributed by atoms with Crippen LogP contribution in [0.4, 0.5) is 0 Å². The summed E-state index contributed by atoms with van der Waals surface area (Å²) in [5.41, 5.74) is 0. The van der Waals surface area contributed by atoms with Crippen LogP contribution in [-0.4, -0.2) is 22.6 Å². The molecule has 0 spiro atoms. The number of rotatable bonds is 4. The van der Waals surface area contributed by atoms with E-state index in [1.807, 2.05) is 4.72 Å². The molecule has 83 valence electrons. The van der Waals surface area contributed by atoms with E-state index in [0.29, 0.717) is 5.75 Å². The Morgan fingerprint density at radius 2 is 1.93 bits per heavy atom. The van der Waals surface area contributed by atoms with Crippen LogP contribution in [0.25, 0.3) is 0 Å². The second kappa shape index (κ2) is 4.50. The number of methoxy groups -OCH3 is 2. The molecule has 0 saturated heterocycles. The van der Waals surface area contributed by atoms with Gasteiger partial charge in [-0.2, -0.15) is 0 Å². The zero-order chi connectivity index (χ0) is 11.5. The van der Waals surface area contributed by atoms with Crippen molar-refractivity contribution in [3.8, 4) is 11.5 Å². The van der Waals surface area contributed by atoms with E-state index in [1.54, 1.807) is 6.07 Å². The summed E-state index contributed by atoms with van der Waals surface area (Å²) in [6.07, 6.45) is 0. The Hall–Kier alpha value is -1.27. The van der Waals surface area contributed by atoms with Gasteiger partial charge in [-0.25, -0.2) is 13.1 Å². The fourth-order valence-electron chi connectivity index (χ4n) is 1.07. The highest BCUT2D eigenvalue weighted by Gasteiger charge is 2.18. The van der Waals surface area contributed by atoms with E-state index >= 15 is 0 Å². The van der Waals surface area contributed by atoms with Crippen LogP contribution < -0.4 is 14.2 Å². The predicted octanol–water partition coefficient (Wildman–Crippen LogP) is 0.774. The van der Waals surface area contributed by atoms with Crippen molar-refractivity contribution < 1.29 is 17.9 Å². The largest absolute Gasteiger partial charge is 0.497 e. The molecule has 0 bridgehead atoms. The van der Waals surface area contributed by atoms with Crippen molar-refractivity contribution in [2.75, 3.05) is 14.2 Å². The normalized spacial score (nSPS) is 11.1. The summed E-state index contributed by atoms with van der Waals surface area (Å²) in [6, 6.07) is 4.50. The molecule has 0 saturated carbocycles. The molecule has 5 nitrogen and oxygen atoms in total. The summed E-state index contributed by atoms with van der Waals surface area (Å²) in [6.45, 7) is 0. The van der Waals surface area contributed by atoms with E-state index in [2.05, 4.69) is 7.05 Å². The van der Waals surface area contributed by atoms with Crippen molar-refractivity contribution in [1.82, 2.24) is 4.72 Å². The molecule has 0 atom stereocenters. The van der Waals surface area contributed by atoms with Crippen molar-refractivity contribution in [2.24, 2.45) is 0 Å². The van der Waals surface area contributed by atoms with Gasteiger partial charge in [-0.15, -0.1) is 0 Å². The average Bonchev–Trinajstić information content (AvgIpc) is 2.28. The third-order valence-electron chi connectivity index (χ3n) is 1.85. The minimum atomic E-state index is -3.64. The second-order valence-electron chi connectivity index (χ2n) is 2.66. The summed E-state index contributed by atoms with van der Waals surface area (Å²) in [4.78, 5) is -0.000602. The van der Waals surface area contributed by atoms with E-state index in [0.717, 1.165) is 0 Å². The number of sulfonamides is 1. The molecule has 0 aliphatic rings. The van der Waals surface area contributed by atoms with Crippen molar-refractivity contribution >= 4 is 10.0 Å². The highest BCUT2D eigenvalue weighted by Crippen LogP contribution is 2.27. The smallest absolute Gasteiger partial charge is 0.244 e. The first-order chi connectivity index (χ1) is 7.05. The molecular weight excluding hydrogens is 218 g/mol. The lowest BCUT2D eigenvalue weighted by atomic mass is 10.3. The SMILES string of the molecule is [CH2]NS(=O)(=O)c1cc(OC)ccc1OC. The molecule has 15 heavy (non-hydrogen) atoms. The molecule has 0 aliphatic heterocycles. The number of nitrogens with one attached hydrogen (secondary N) is 1. The maximum absolute atomic E-state index is 11.5. The Balaban J connectivity index is 3.36. The molecule has 1 aromatic rings. The first-order valence-electron chi connectivity index (χ1n) is 4.06. The van der Waals surface area contributed by atoms with E-state index in [1.165, 1.54) is 26.4 Å². The number of ether oxygens (including phenoxy) is 2. The lowest BCUT2D eigenvalue weighted by molar-refractivity contribution is 0.392. The topological polar surface area (TPSA) is 64.6 Å². The maximum Gasteiger partial charge on any atom is 0.244 e. The van der Waals surface area contributed by atoms with Crippen LogP contribution in [0.3, 0.4) is 0 Å². The minimum absolute atomic E-state index is 0.000602. The number of benzene rings is 1. The predicted molar refractivity (Wildman–Crippen MR) is 55.2 cm³/mol. The van der Waals surface area contributed by atoms with Gasteiger partial charge in [-0.1, -0.05) is 0 Å². The van der Waals surface area contributed by atoms with Crippen LogP contribution in [0, 0.1) is 7.05 Å². The Morgan fingerprint density at radius 3 is 2.40 bits per heavy atom. The van der Waals surface area contributed by atoms with Gasteiger partial charge in [0.2, 0.25) is 10.0 Å². The zero-order valence-electron chi connectivity index (χ0n) is 8.48.